The number of hydrogen-bond acceptors (Lipinski definition) is 2. The average Bonchev–Trinajstić information content (AvgIpc) is 2.58. The number of benzene rings is 1. The van der Waals surface area contributed by atoms with Gasteiger partial charge in [-0.05, 0) is 38.5 Å². The molecule has 17 heavy (non-hydrogen) atoms. The van der Waals surface area contributed by atoms with Crippen LogP contribution >= 0.6 is 0 Å². The number of carbonyl (C=O) groups is 1. The Morgan fingerprint density at radius 2 is 2.18 bits per heavy atom. The summed E-state index contributed by atoms with van der Waals surface area (Å²) < 4.78 is 0. The number of rotatable bonds is 2. The molecule has 0 bridgehead atoms. The second kappa shape index (κ2) is 4.41. The number of amides is 1. The Labute approximate surface area is 100 Å². The van der Waals surface area contributed by atoms with Gasteiger partial charge in [0.05, 0.1) is 5.69 Å². The quantitative estimate of drug-likeness (QED) is 0.829. The SMILES string of the molecule is [CH2]c1cccc(C(=O)Nc2nc(C)c(C)[nH]2)c1. The maximum Gasteiger partial charge on any atom is 0.257 e. The van der Waals surface area contributed by atoms with Gasteiger partial charge in [0.1, 0.15) is 0 Å². The molecule has 0 aliphatic rings. The van der Waals surface area contributed by atoms with Crippen LogP contribution in [0.1, 0.15) is 27.3 Å². The van der Waals surface area contributed by atoms with E-state index >= 15 is 0 Å². The molecule has 1 amide bonds. The zero-order valence-corrected chi connectivity index (χ0v) is 9.87. The summed E-state index contributed by atoms with van der Waals surface area (Å²) in [7, 11) is 0. The number of carbonyl (C=O) groups excluding carboxylic acids is 1. The predicted molar refractivity (Wildman–Crippen MR) is 66.9 cm³/mol. The van der Waals surface area contributed by atoms with Gasteiger partial charge in [0.25, 0.3) is 5.91 Å². The molecule has 2 aromatic rings. The zero-order valence-electron chi connectivity index (χ0n) is 9.87. The van der Waals surface area contributed by atoms with Gasteiger partial charge in [0, 0.05) is 11.3 Å². The topological polar surface area (TPSA) is 57.8 Å². The van der Waals surface area contributed by atoms with Gasteiger partial charge >= 0.3 is 0 Å². The molecule has 0 aliphatic carbocycles. The van der Waals surface area contributed by atoms with Gasteiger partial charge in [0.15, 0.2) is 0 Å². The van der Waals surface area contributed by atoms with E-state index in [9.17, 15) is 4.79 Å². The summed E-state index contributed by atoms with van der Waals surface area (Å²) in [6.07, 6.45) is 0. The minimum absolute atomic E-state index is 0.191. The minimum Gasteiger partial charge on any atom is -0.328 e. The number of hydrogen-bond donors (Lipinski definition) is 2. The highest BCUT2D eigenvalue weighted by Crippen LogP contribution is 2.10. The zero-order chi connectivity index (χ0) is 12.4. The fraction of sp³-hybridized carbons (Fsp3) is 0.154. The third-order valence-electron chi connectivity index (χ3n) is 2.55. The fourth-order valence-corrected chi connectivity index (χ4v) is 1.50. The Morgan fingerprint density at radius 1 is 1.41 bits per heavy atom. The van der Waals surface area contributed by atoms with E-state index < -0.39 is 0 Å². The number of nitrogens with zero attached hydrogens (tertiary/aromatic N) is 1. The van der Waals surface area contributed by atoms with E-state index in [1.165, 1.54) is 0 Å². The van der Waals surface area contributed by atoms with Gasteiger partial charge in [-0.3, -0.25) is 10.1 Å². The molecule has 2 N–H and O–H groups in total. The average molecular weight is 228 g/mol. The van der Waals surface area contributed by atoms with Crippen molar-refractivity contribution in [1.82, 2.24) is 9.97 Å². The monoisotopic (exact) mass is 228 g/mol. The predicted octanol–water partition coefficient (Wildman–Crippen LogP) is 2.46. The Kier molecular flexibility index (Phi) is 2.95. The van der Waals surface area contributed by atoms with Crippen molar-refractivity contribution in [2.75, 3.05) is 5.32 Å². The van der Waals surface area contributed by atoms with E-state index in [0.717, 1.165) is 17.0 Å². The Morgan fingerprint density at radius 3 is 2.76 bits per heavy atom. The van der Waals surface area contributed by atoms with Crippen molar-refractivity contribution >= 4 is 11.9 Å². The van der Waals surface area contributed by atoms with Crippen LogP contribution in [-0.4, -0.2) is 15.9 Å². The molecule has 0 fully saturated rings. The van der Waals surface area contributed by atoms with E-state index in [4.69, 9.17) is 0 Å². The van der Waals surface area contributed by atoms with E-state index in [-0.39, 0.29) is 5.91 Å². The van der Waals surface area contributed by atoms with Crippen molar-refractivity contribution in [1.29, 1.82) is 0 Å². The Balaban J connectivity index is 2.17. The molecule has 1 heterocycles. The normalized spacial score (nSPS) is 10.3. The van der Waals surface area contributed by atoms with Gasteiger partial charge in [0.2, 0.25) is 5.95 Å². The van der Waals surface area contributed by atoms with Crippen molar-refractivity contribution < 1.29 is 4.79 Å². The second-order valence-electron chi connectivity index (χ2n) is 3.95. The molecule has 1 aromatic carbocycles. The molecule has 4 heteroatoms. The van der Waals surface area contributed by atoms with Crippen molar-refractivity contribution in [2.24, 2.45) is 0 Å². The van der Waals surface area contributed by atoms with Crippen molar-refractivity contribution in [3.8, 4) is 0 Å². The number of aryl methyl sites for hydroxylation is 2. The molecule has 0 unspecified atom stereocenters. The Bertz CT molecular complexity index is 538. The molecule has 0 spiro atoms. The lowest BCUT2D eigenvalue weighted by Gasteiger charge is -2.02. The highest BCUT2D eigenvalue weighted by atomic mass is 16.1. The van der Waals surface area contributed by atoms with Gasteiger partial charge in [-0.15, -0.1) is 0 Å². The van der Waals surface area contributed by atoms with Gasteiger partial charge in [-0.1, -0.05) is 12.1 Å². The number of H-pyrrole nitrogens is 1. The maximum atomic E-state index is 11.9. The van der Waals surface area contributed by atoms with E-state index in [1.807, 2.05) is 19.9 Å². The molecule has 0 aliphatic heterocycles. The highest BCUT2D eigenvalue weighted by molar-refractivity contribution is 6.03. The molecule has 1 aromatic heterocycles. The van der Waals surface area contributed by atoms with E-state index in [1.54, 1.807) is 18.2 Å². The summed E-state index contributed by atoms with van der Waals surface area (Å²) in [6, 6.07) is 7.12. The molecule has 1 radical (unpaired) electrons. The van der Waals surface area contributed by atoms with Crippen LogP contribution in [0.5, 0.6) is 0 Å². The molecular formula is C13H14N3O. The van der Waals surface area contributed by atoms with Crippen LogP contribution in [0.3, 0.4) is 0 Å². The first-order valence-corrected chi connectivity index (χ1v) is 5.33. The summed E-state index contributed by atoms with van der Waals surface area (Å²) in [5.74, 6) is 0.281. The standard InChI is InChI=1S/C13H14N3O/c1-8-5-4-6-11(7-8)12(17)16-13-14-9(2)10(3)15-13/h4-7H,1H2,2-3H3,(H2,14,15,16,17). The molecule has 0 saturated heterocycles. The molecule has 4 nitrogen and oxygen atoms in total. The van der Waals surface area contributed by atoms with Crippen LogP contribution in [0, 0.1) is 20.8 Å². The number of aromatic amines is 1. The van der Waals surface area contributed by atoms with Crippen LogP contribution in [0.25, 0.3) is 0 Å². The molecule has 0 atom stereocenters. The first-order chi connectivity index (χ1) is 8.06. The van der Waals surface area contributed by atoms with Crippen molar-refractivity contribution in [3.05, 3.63) is 53.7 Å². The van der Waals surface area contributed by atoms with E-state index in [0.29, 0.717) is 11.5 Å². The Hall–Kier alpha value is -2.10. The van der Waals surface area contributed by atoms with Gasteiger partial charge in [-0.2, -0.15) is 0 Å². The van der Waals surface area contributed by atoms with Crippen molar-refractivity contribution in [2.45, 2.75) is 13.8 Å². The lowest BCUT2D eigenvalue weighted by molar-refractivity contribution is 0.102. The van der Waals surface area contributed by atoms with Crippen LogP contribution in [-0.2, 0) is 0 Å². The van der Waals surface area contributed by atoms with Gasteiger partial charge in [-0.25, -0.2) is 4.98 Å². The molecular weight excluding hydrogens is 214 g/mol. The molecule has 2 rings (SSSR count). The molecule has 87 valence electrons. The second-order valence-corrected chi connectivity index (χ2v) is 3.95. The lowest BCUT2D eigenvalue weighted by Crippen LogP contribution is -2.13. The maximum absolute atomic E-state index is 11.9. The molecule has 0 saturated carbocycles. The van der Waals surface area contributed by atoms with Crippen molar-refractivity contribution in [3.63, 3.8) is 0 Å². The smallest absolute Gasteiger partial charge is 0.257 e. The van der Waals surface area contributed by atoms with E-state index in [2.05, 4.69) is 22.2 Å². The fourth-order valence-electron chi connectivity index (χ4n) is 1.50. The largest absolute Gasteiger partial charge is 0.328 e. The summed E-state index contributed by atoms with van der Waals surface area (Å²) in [4.78, 5) is 19.1. The summed E-state index contributed by atoms with van der Waals surface area (Å²) in [5.41, 5.74) is 3.21. The first kappa shape index (κ1) is 11.4. The number of imidazole rings is 1. The summed E-state index contributed by atoms with van der Waals surface area (Å²) >= 11 is 0. The van der Waals surface area contributed by atoms with Crippen LogP contribution in [0.2, 0.25) is 0 Å². The van der Waals surface area contributed by atoms with Crippen LogP contribution < -0.4 is 5.32 Å². The highest BCUT2D eigenvalue weighted by Gasteiger charge is 2.09. The number of nitrogens with one attached hydrogen (secondary N) is 2. The summed E-state index contributed by atoms with van der Waals surface area (Å²) in [5, 5.41) is 2.71. The third-order valence-corrected chi connectivity index (χ3v) is 2.55. The summed E-state index contributed by atoms with van der Waals surface area (Å²) in [6.45, 7) is 7.58. The van der Waals surface area contributed by atoms with Gasteiger partial charge < -0.3 is 4.98 Å². The van der Waals surface area contributed by atoms with Crippen LogP contribution in [0.15, 0.2) is 24.3 Å². The first-order valence-electron chi connectivity index (χ1n) is 5.33. The third kappa shape index (κ3) is 2.53. The lowest BCUT2D eigenvalue weighted by atomic mass is 10.1. The van der Waals surface area contributed by atoms with Crippen LogP contribution in [0.4, 0.5) is 5.95 Å². The minimum atomic E-state index is -0.191. The number of aromatic nitrogens is 2. The number of anilines is 1.